The van der Waals surface area contributed by atoms with E-state index < -0.39 is 23.9 Å². The average molecular weight is 465 g/mol. The summed E-state index contributed by atoms with van der Waals surface area (Å²) in [6.45, 7) is 1.37. The quantitative estimate of drug-likeness (QED) is 0.398. The molecule has 154 valence electrons. The number of nitrogens with zero attached hydrogens (tertiary/aromatic N) is 1. The fraction of sp³-hybridized carbons (Fsp3) is 0.100. The molecule has 7 nitrogen and oxygen atoms in total. The Hall–Kier alpha value is -2.94. The molecule has 0 aliphatic carbocycles. The van der Waals surface area contributed by atoms with Crippen LogP contribution in [0, 0.1) is 0 Å². The third-order valence-electron chi connectivity index (χ3n) is 4.14. The van der Waals surface area contributed by atoms with Crippen molar-refractivity contribution in [1.29, 1.82) is 0 Å². The van der Waals surface area contributed by atoms with Gasteiger partial charge in [-0.1, -0.05) is 47.5 Å². The lowest BCUT2D eigenvalue weighted by molar-refractivity contribution is -0.144. The Morgan fingerprint density at radius 3 is 2.60 bits per heavy atom. The summed E-state index contributed by atoms with van der Waals surface area (Å²) in [4.78, 5) is 37.8. The number of anilines is 1. The second-order valence-electron chi connectivity index (χ2n) is 6.17. The smallest absolute Gasteiger partial charge is 0.344 e. The van der Waals surface area contributed by atoms with Crippen molar-refractivity contribution in [3.63, 3.8) is 0 Å². The molecule has 1 saturated heterocycles. The summed E-state index contributed by atoms with van der Waals surface area (Å²) in [7, 11) is 0. The average Bonchev–Trinajstić information content (AvgIpc) is 2.69. The zero-order valence-electron chi connectivity index (χ0n) is 15.4. The topological polar surface area (TPSA) is 95.9 Å². The second kappa shape index (κ2) is 8.83. The van der Waals surface area contributed by atoms with Crippen molar-refractivity contribution in [2.24, 2.45) is 0 Å². The van der Waals surface area contributed by atoms with Gasteiger partial charge < -0.3 is 9.84 Å². The summed E-state index contributed by atoms with van der Waals surface area (Å²) in [5.74, 6) is -2.38. The van der Waals surface area contributed by atoms with Gasteiger partial charge in [-0.15, -0.1) is 0 Å². The molecule has 3 rings (SSSR count). The van der Waals surface area contributed by atoms with E-state index in [0.717, 1.165) is 4.90 Å². The number of carbonyl (C=O) groups is 3. The highest BCUT2D eigenvalue weighted by Gasteiger charge is 2.36. The molecule has 10 heteroatoms. The fourth-order valence-electron chi connectivity index (χ4n) is 2.64. The summed E-state index contributed by atoms with van der Waals surface area (Å²) < 4.78 is 5.42. The normalized spacial score (nSPS) is 16.4. The van der Waals surface area contributed by atoms with Crippen molar-refractivity contribution < 1.29 is 24.2 Å². The van der Waals surface area contributed by atoms with E-state index >= 15 is 0 Å². The molecule has 1 aliphatic rings. The van der Waals surface area contributed by atoms with Gasteiger partial charge in [0.2, 0.25) is 0 Å². The van der Waals surface area contributed by atoms with E-state index in [9.17, 15) is 14.4 Å². The van der Waals surface area contributed by atoms with Gasteiger partial charge >= 0.3 is 5.97 Å². The Kier molecular flexibility index (Phi) is 6.40. The first-order valence-electron chi connectivity index (χ1n) is 8.54. The lowest BCUT2D eigenvalue weighted by Gasteiger charge is -2.29. The lowest BCUT2D eigenvalue weighted by atomic mass is 10.1. The number of halogens is 2. The maximum atomic E-state index is 13.1. The molecule has 2 aromatic carbocycles. The van der Waals surface area contributed by atoms with E-state index in [0.29, 0.717) is 5.56 Å². The molecule has 30 heavy (non-hydrogen) atoms. The molecule has 0 unspecified atom stereocenters. The predicted molar refractivity (Wildman–Crippen MR) is 117 cm³/mol. The number of carboxylic acids is 1. The number of nitrogens with one attached hydrogen (secondary N) is 1. The van der Waals surface area contributed by atoms with Gasteiger partial charge in [0.1, 0.15) is 11.3 Å². The number of benzene rings is 2. The van der Waals surface area contributed by atoms with Crippen LogP contribution in [0.4, 0.5) is 5.69 Å². The van der Waals surface area contributed by atoms with Crippen molar-refractivity contribution in [3.05, 3.63) is 63.6 Å². The fourth-order valence-corrected chi connectivity index (χ4v) is 3.30. The van der Waals surface area contributed by atoms with Crippen molar-refractivity contribution >= 4 is 70.1 Å². The SMILES string of the molecule is C[C@H](Oc1ccccc1/C=C1\C(=O)NC(=S)N(c2cccc(Cl)c2Cl)C1=O)C(=O)O. The van der Waals surface area contributed by atoms with Gasteiger partial charge in [-0.2, -0.15) is 0 Å². The zero-order valence-corrected chi connectivity index (χ0v) is 17.7. The Balaban J connectivity index is 2.04. The molecule has 1 atom stereocenters. The first-order chi connectivity index (χ1) is 14.2. The number of carbonyl (C=O) groups excluding carboxylic acids is 2. The molecule has 2 amide bonds. The van der Waals surface area contributed by atoms with E-state index in [1.807, 2.05) is 0 Å². The summed E-state index contributed by atoms with van der Waals surface area (Å²) in [6.07, 6.45) is 0.171. The van der Waals surface area contributed by atoms with Gasteiger partial charge in [0.15, 0.2) is 11.2 Å². The van der Waals surface area contributed by atoms with E-state index in [1.165, 1.54) is 19.1 Å². The van der Waals surface area contributed by atoms with Crippen molar-refractivity contribution in [2.45, 2.75) is 13.0 Å². The molecule has 2 aromatic rings. The number of amides is 2. The number of hydrogen-bond donors (Lipinski definition) is 2. The Bertz CT molecular complexity index is 1100. The van der Waals surface area contributed by atoms with Crippen LogP contribution in [-0.4, -0.2) is 34.1 Å². The molecule has 0 bridgehead atoms. The van der Waals surface area contributed by atoms with E-state index in [4.69, 9.17) is 45.3 Å². The van der Waals surface area contributed by atoms with Gasteiger partial charge in [-0.25, -0.2) is 4.79 Å². The van der Waals surface area contributed by atoms with Crippen LogP contribution < -0.4 is 15.0 Å². The molecule has 0 radical (unpaired) electrons. The monoisotopic (exact) mass is 464 g/mol. The number of carboxylic acid groups (broad SMARTS) is 1. The summed E-state index contributed by atoms with van der Waals surface area (Å²) >= 11 is 17.4. The highest BCUT2D eigenvalue weighted by atomic mass is 35.5. The van der Waals surface area contributed by atoms with E-state index in [2.05, 4.69) is 5.32 Å². The van der Waals surface area contributed by atoms with Crippen LogP contribution in [0.1, 0.15) is 12.5 Å². The number of ether oxygens (including phenoxy) is 1. The molecule has 0 aromatic heterocycles. The molecule has 2 N–H and O–H groups in total. The van der Waals surface area contributed by atoms with Crippen LogP contribution >= 0.6 is 35.4 Å². The first-order valence-corrected chi connectivity index (χ1v) is 9.71. The van der Waals surface area contributed by atoms with Gasteiger partial charge in [-0.05, 0) is 43.4 Å². The highest BCUT2D eigenvalue weighted by molar-refractivity contribution is 7.80. The standard InChI is InChI=1S/C20H14Cl2N2O5S/c1-10(19(27)28)29-15-8-3-2-5-11(15)9-12-17(25)23-20(30)24(18(12)26)14-7-4-6-13(21)16(14)22/h2-10H,1H3,(H,27,28)(H,23,25,30)/b12-9+/t10-/m0/s1. The molecule has 1 heterocycles. The van der Waals surface area contributed by atoms with Crippen molar-refractivity contribution in [3.8, 4) is 5.75 Å². The Labute approximate surface area is 186 Å². The van der Waals surface area contributed by atoms with Gasteiger partial charge in [0.05, 0.1) is 15.7 Å². The minimum absolute atomic E-state index is 0.101. The number of aliphatic carboxylic acids is 1. The van der Waals surface area contributed by atoms with Crippen LogP contribution in [0.15, 0.2) is 48.0 Å². The molecule has 0 spiro atoms. The maximum absolute atomic E-state index is 13.1. The summed E-state index contributed by atoms with van der Waals surface area (Å²) in [5, 5.41) is 11.7. The largest absolute Gasteiger partial charge is 0.479 e. The Morgan fingerprint density at radius 1 is 1.20 bits per heavy atom. The van der Waals surface area contributed by atoms with Crippen LogP contribution in [0.5, 0.6) is 5.75 Å². The maximum Gasteiger partial charge on any atom is 0.344 e. The van der Waals surface area contributed by atoms with Crippen LogP contribution in [0.2, 0.25) is 10.0 Å². The predicted octanol–water partition coefficient (Wildman–Crippen LogP) is 3.68. The van der Waals surface area contributed by atoms with E-state index in [1.54, 1.807) is 36.4 Å². The summed E-state index contributed by atoms with van der Waals surface area (Å²) in [6, 6.07) is 11.1. The third kappa shape index (κ3) is 4.30. The number of hydrogen-bond acceptors (Lipinski definition) is 5. The molecule has 0 saturated carbocycles. The van der Waals surface area contributed by atoms with Gasteiger partial charge in [-0.3, -0.25) is 19.8 Å². The van der Waals surface area contributed by atoms with Crippen LogP contribution in [0.3, 0.4) is 0 Å². The number of para-hydroxylation sites is 1. The highest BCUT2D eigenvalue weighted by Crippen LogP contribution is 2.34. The molecule has 1 aliphatic heterocycles. The van der Waals surface area contributed by atoms with Crippen molar-refractivity contribution in [1.82, 2.24) is 5.32 Å². The van der Waals surface area contributed by atoms with Crippen LogP contribution in [0.25, 0.3) is 6.08 Å². The summed E-state index contributed by atoms with van der Waals surface area (Å²) in [5.41, 5.74) is 0.321. The number of rotatable bonds is 5. The van der Waals surface area contributed by atoms with Crippen LogP contribution in [-0.2, 0) is 14.4 Å². The molecular formula is C20H14Cl2N2O5S. The minimum Gasteiger partial charge on any atom is -0.479 e. The van der Waals surface area contributed by atoms with Gasteiger partial charge in [0, 0.05) is 5.56 Å². The van der Waals surface area contributed by atoms with E-state index in [-0.39, 0.29) is 32.2 Å². The minimum atomic E-state index is -1.16. The zero-order chi connectivity index (χ0) is 22.0. The first kappa shape index (κ1) is 21.8. The molecule has 1 fully saturated rings. The second-order valence-corrected chi connectivity index (χ2v) is 7.34. The Morgan fingerprint density at radius 2 is 1.90 bits per heavy atom. The molecular weight excluding hydrogens is 451 g/mol. The van der Waals surface area contributed by atoms with Gasteiger partial charge in [0.25, 0.3) is 11.8 Å². The third-order valence-corrected chi connectivity index (χ3v) is 5.24. The van der Waals surface area contributed by atoms with Crippen molar-refractivity contribution in [2.75, 3.05) is 4.90 Å². The lowest BCUT2D eigenvalue weighted by Crippen LogP contribution is -2.54. The number of thiocarbonyl (C=S) groups is 1.